The number of halogens is 1. The Morgan fingerprint density at radius 1 is 1.14 bits per heavy atom. The molecule has 0 unspecified atom stereocenters. The van der Waals surface area contributed by atoms with Crippen molar-refractivity contribution in [2.45, 2.75) is 26.3 Å². The summed E-state index contributed by atoms with van der Waals surface area (Å²) in [6.07, 6.45) is 2.32. The van der Waals surface area contributed by atoms with Crippen molar-refractivity contribution in [1.82, 2.24) is 10.6 Å². The molecule has 126 valence electrons. The van der Waals surface area contributed by atoms with Crippen LogP contribution in [0.1, 0.15) is 25.3 Å². The number of hydrogen-bond acceptors (Lipinski definition) is 3. The molecule has 0 atom stereocenters. The van der Waals surface area contributed by atoms with Gasteiger partial charge in [-0.15, -0.1) is 24.0 Å². The van der Waals surface area contributed by atoms with Gasteiger partial charge in [-0.25, -0.2) is 0 Å². The highest BCUT2D eigenvalue weighted by atomic mass is 127. The van der Waals surface area contributed by atoms with Crippen LogP contribution in [0.5, 0.6) is 5.75 Å². The second kappa shape index (κ2) is 13.6. The van der Waals surface area contributed by atoms with E-state index < -0.39 is 0 Å². The highest BCUT2D eigenvalue weighted by Gasteiger charge is 1.99. The molecule has 0 heterocycles. The van der Waals surface area contributed by atoms with Crippen LogP contribution in [-0.2, 0) is 11.3 Å². The van der Waals surface area contributed by atoms with Crippen molar-refractivity contribution in [2.24, 2.45) is 4.99 Å². The number of ether oxygens (including phenoxy) is 2. The van der Waals surface area contributed by atoms with Gasteiger partial charge in [0.2, 0.25) is 0 Å². The summed E-state index contributed by atoms with van der Waals surface area (Å²) in [5, 5.41) is 6.58. The molecule has 0 aromatic heterocycles. The van der Waals surface area contributed by atoms with Gasteiger partial charge in [-0.3, -0.25) is 4.99 Å². The van der Waals surface area contributed by atoms with E-state index in [-0.39, 0.29) is 24.0 Å². The van der Waals surface area contributed by atoms with Gasteiger partial charge in [0, 0.05) is 27.2 Å². The van der Waals surface area contributed by atoms with E-state index in [2.05, 4.69) is 34.7 Å². The number of nitrogens with zero attached hydrogens (tertiary/aromatic N) is 1. The Balaban J connectivity index is 0.00000441. The normalized spacial score (nSPS) is 10.8. The number of aliphatic imine (C=N–C) groups is 1. The lowest BCUT2D eigenvalue weighted by Crippen LogP contribution is -2.37. The molecule has 0 saturated carbocycles. The molecule has 0 aliphatic rings. The summed E-state index contributed by atoms with van der Waals surface area (Å²) in [6.45, 7) is 5.03. The van der Waals surface area contributed by atoms with E-state index in [1.54, 1.807) is 14.2 Å². The lowest BCUT2D eigenvalue weighted by Gasteiger charge is -2.12. The van der Waals surface area contributed by atoms with Gasteiger partial charge in [0.25, 0.3) is 0 Å². The first-order chi connectivity index (χ1) is 10.3. The van der Waals surface area contributed by atoms with Crippen LogP contribution in [0.3, 0.4) is 0 Å². The largest absolute Gasteiger partial charge is 0.491 e. The summed E-state index contributed by atoms with van der Waals surface area (Å²) in [5.74, 6) is 1.70. The van der Waals surface area contributed by atoms with E-state index in [1.807, 2.05) is 12.1 Å². The second-order valence-corrected chi connectivity index (χ2v) is 4.69. The fourth-order valence-corrected chi connectivity index (χ4v) is 1.74. The van der Waals surface area contributed by atoms with E-state index in [9.17, 15) is 0 Å². The van der Waals surface area contributed by atoms with Gasteiger partial charge < -0.3 is 20.1 Å². The van der Waals surface area contributed by atoms with E-state index in [0.29, 0.717) is 13.2 Å². The molecule has 0 bridgehead atoms. The van der Waals surface area contributed by atoms with Gasteiger partial charge >= 0.3 is 0 Å². The molecular formula is C16H28IN3O2. The fourth-order valence-electron chi connectivity index (χ4n) is 1.74. The monoisotopic (exact) mass is 421 g/mol. The van der Waals surface area contributed by atoms with Crippen LogP contribution in [-0.4, -0.2) is 39.9 Å². The maximum absolute atomic E-state index is 5.53. The van der Waals surface area contributed by atoms with Crippen molar-refractivity contribution in [2.75, 3.05) is 33.9 Å². The lowest BCUT2D eigenvalue weighted by atomic mass is 10.2. The summed E-state index contributed by atoms with van der Waals surface area (Å²) >= 11 is 0. The zero-order chi connectivity index (χ0) is 15.3. The predicted octanol–water partition coefficient (Wildman–Crippen LogP) is 2.79. The number of guanidine groups is 1. The Labute approximate surface area is 150 Å². The molecule has 1 aromatic carbocycles. The van der Waals surface area contributed by atoms with E-state index in [4.69, 9.17) is 9.47 Å². The van der Waals surface area contributed by atoms with E-state index in [0.717, 1.165) is 31.2 Å². The first-order valence-electron chi connectivity index (χ1n) is 7.45. The van der Waals surface area contributed by atoms with Gasteiger partial charge in [0.15, 0.2) is 5.96 Å². The van der Waals surface area contributed by atoms with Crippen LogP contribution < -0.4 is 15.4 Å². The molecule has 6 heteroatoms. The minimum atomic E-state index is 0. The quantitative estimate of drug-likeness (QED) is 0.279. The SMILES string of the molecule is CCCCNC(=NC)NCc1ccc(OCCOC)cc1.I. The summed E-state index contributed by atoms with van der Waals surface area (Å²) in [7, 11) is 3.45. The van der Waals surface area contributed by atoms with Crippen molar-refractivity contribution < 1.29 is 9.47 Å². The Kier molecular flexibility index (Phi) is 13.0. The zero-order valence-electron chi connectivity index (χ0n) is 13.7. The number of rotatable bonds is 9. The molecule has 2 N–H and O–H groups in total. The van der Waals surface area contributed by atoms with Gasteiger partial charge in [-0.2, -0.15) is 0 Å². The van der Waals surface area contributed by atoms with Crippen LogP contribution >= 0.6 is 24.0 Å². The Morgan fingerprint density at radius 3 is 2.45 bits per heavy atom. The summed E-state index contributed by atoms with van der Waals surface area (Å²) in [6, 6.07) is 8.04. The average Bonchev–Trinajstić information content (AvgIpc) is 2.52. The predicted molar refractivity (Wildman–Crippen MR) is 102 cm³/mol. The van der Waals surface area contributed by atoms with Crippen LogP contribution in [0.25, 0.3) is 0 Å². The molecule has 0 saturated heterocycles. The van der Waals surface area contributed by atoms with E-state index >= 15 is 0 Å². The zero-order valence-corrected chi connectivity index (χ0v) is 16.1. The maximum atomic E-state index is 5.53. The molecule has 0 amide bonds. The first-order valence-corrected chi connectivity index (χ1v) is 7.45. The summed E-state index contributed by atoms with van der Waals surface area (Å²) < 4.78 is 10.5. The number of benzene rings is 1. The van der Waals surface area contributed by atoms with Crippen molar-refractivity contribution >= 4 is 29.9 Å². The first kappa shape index (κ1) is 21.0. The number of hydrogen-bond donors (Lipinski definition) is 2. The average molecular weight is 421 g/mol. The van der Waals surface area contributed by atoms with Crippen molar-refractivity contribution in [3.8, 4) is 5.75 Å². The fraction of sp³-hybridized carbons (Fsp3) is 0.562. The van der Waals surface area contributed by atoms with Crippen LogP contribution in [0.2, 0.25) is 0 Å². The number of nitrogens with one attached hydrogen (secondary N) is 2. The van der Waals surface area contributed by atoms with Gasteiger partial charge in [-0.05, 0) is 24.1 Å². The standard InChI is InChI=1S/C16H27N3O2.HI/c1-4-5-10-18-16(17-2)19-13-14-6-8-15(9-7-14)21-12-11-20-3;/h6-9H,4-5,10-13H2,1-3H3,(H2,17,18,19);1H. The van der Waals surface area contributed by atoms with Gasteiger partial charge in [0.1, 0.15) is 12.4 Å². The molecule has 0 fully saturated rings. The Morgan fingerprint density at radius 2 is 1.86 bits per heavy atom. The molecular weight excluding hydrogens is 393 g/mol. The highest BCUT2D eigenvalue weighted by Crippen LogP contribution is 2.11. The minimum Gasteiger partial charge on any atom is -0.491 e. The van der Waals surface area contributed by atoms with Crippen LogP contribution in [0.4, 0.5) is 0 Å². The van der Waals surface area contributed by atoms with Crippen molar-refractivity contribution in [1.29, 1.82) is 0 Å². The topological polar surface area (TPSA) is 54.9 Å². The van der Waals surface area contributed by atoms with Crippen LogP contribution in [0.15, 0.2) is 29.3 Å². The maximum Gasteiger partial charge on any atom is 0.191 e. The molecule has 1 aromatic rings. The molecule has 5 nitrogen and oxygen atoms in total. The third-order valence-corrected chi connectivity index (χ3v) is 2.99. The van der Waals surface area contributed by atoms with Gasteiger partial charge in [-0.1, -0.05) is 25.5 Å². The molecule has 0 spiro atoms. The Hall–Kier alpha value is -1.02. The lowest BCUT2D eigenvalue weighted by molar-refractivity contribution is 0.146. The van der Waals surface area contributed by atoms with E-state index in [1.165, 1.54) is 12.0 Å². The Bertz CT molecular complexity index is 410. The van der Waals surface area contributed by atoms with Gasteiger partial charge in [0.05, 0.1) is 6.61 Å². The minimum absolute atomic E-state index is 0. The molecule has 1 rings (SSSR count). The number of methoxy groups -OCH3 is 1. The van der Waals surface area contributed by atoms with Crippen molar-refractivity contribution in [3.05, 3.63) is 29.8 Å². The molecule has 0 radical (unpaired) electrons. The second-order valence-electron chi connectivity index (χ2n) is 4.69. The molecule has 0 aliphatic heterocycles. The third kappa shape index (κ3) is 9.09. The smallest absolute Gasteiger partial charge is 0.191 e. The third-order valence-electron chi connectivity index (χ3n) is 2.99. The van der Waals surface area contributed by atoms with Crippen molar-refractivity contribution in [3.63, 3.8) is 0 Å². The van der Waals surface area contributed by atoms with Crippen LogP contribution in [0, 0.1) is 0 Å². The summed E-state index contributed by atoms with van der Waals surface area (Å²) in [5.41, 5.74) is 1.19. The number of unbranched alkanes of at least 4 members (excludes halogenated alkanes) is 1. The summed E-state index contributed by atoms with van der Waals surface area (Å²) in [4.78, 5) is 4.20. The molecule has 22 heavy (non-hydrogen) atoms. The molecule has 0 aliphatic carbocycles. The highest BCUT2D eigenvalue weighted by molar-refractivity contribution is 14.0.